The number of benzene rings is 1. The molecule has 0 saturated heterocycles. The maximum atomic E-state index is 4.35. The van der Waals surface area contributed by atoms with Crippen molar-refractivity contribution in [1.29, 1.82) is 0 Å². The van der Waals surface area contributed by atoms with Gasteiger partial charge in [-0.05, 0) is 22.9 Å². The van der Waals surface area contributed by atoms with Crippen LogP contribution in [0.25, 0.3) is 22.7 Å². The average molecular weight is 387 g/mol. The summed E-state index contributed by atoms with van der Waals surface area (Å²) in [5, 5.41) is 0. The molecule has 16 heavy (non-hydrogen) atoms. The fraction of sp³-hybridized carbons (Fsp3) is 0. The van der Waals surface area contributed by atoms with Crippen LogP contribution in [0.5, 0.6) is 0 Å². The maximum absolute atomic E-state index is 4.35. The van der Waals surface area contributed by atoms with Crippen LogP contribution in [0.3, 0.4) is 0 Å². The Labute approximate surface area is 106 Å². The molecular weight excluding hydrogens is 380 g/mol. The van der Waals surface area contributed by atoms with Crippen molar-refractivity contribution in [3.05, 3.63) is 42.7 Å². The molecule has 2 aromatic heterocycles. The standard InChI is InChI=1S/C11H7N4.Ir/c1-2-5-9-8(4-1)14-11(15-9)10-12-6-3-7-13-10;/h1-7H;/q-1;. The number of nitrogens with zero attached hydrogens (tertiary/aromatic N) is 4. The summed E-state index contributed by atoms with van der Waals surface area (Å²) in [5.41, 5.74) is 1.75. The first-order valence-electron chi connectivity index (χ1n) is 4.60. The first-order valence-corrected chi connectivity index (χ1v) is 4.60. The van der Waals surface area contributed by atoms with Gasteiger partial charge < -0.3 is 9.97 Å². The summed E-state index contributed by atoms with van der Waals surface area (Å²) < 4.78 is 0. The van der Waals surface area contributed by atoms with Gasteiger partial charge in [0.15, 0.2) is 5.82 Å². The molecule has 0 spiro atoms. The molecule has 1 aromatic carbocycles. The molecule has 0 N–H and O–H groups in total. The van der Waals surface area contributed by atoms with Gasteiger partial charge in [-0.25, -0.2) is 9.97 Å². The maximum Gasteiger partial charge on any atom is 0.150 e. The Balaban J connectivity index is 0.000000963. The van der Waals surface area contributed by atoms with Gasteiger partial charge in [0.2, 0.25) is 0 Å². The summed E-state index contributed by atoms with van der Waals surface area (Å²) in [6.07, 6.45) is 3.37. The van der Waals surface area contributed by atoms with E-state index in [1.165, 1.54) is 0 Å². The van der Waals surface area contributed by atoms with Crippen LogP contribution in [-0.2, 0) is 20.1 Å². The normalized spacial score (nSPS) is 10.0. The SMILES string of the molecule is [Ir].c1cnc(-c2nc3ccccc3[n-]2)nc1. The number of rotatable bonds is 1. The molecule has 3 aromatic rings. The van der Waals surface area contributed by atoms with Crippen molar-refractivity contribution >= 4 is 11.0 Å². The minimum Gasteiger partial charge on any atom is -0.433 e. The third-order valence-corrected chi connectivity index (χ3v) is 2.10. The van der Waals surface area contributed by atoms with Crippen molar-refractivity contribution in [2.45, 2.75) is 0 Å². The first-order chi connectivity index (χ1) is 7.43. The summed E-state index contributed by atoms with van der Waals surface area (Å²) in [6, 6.07) is 9.50. The number of hydrogen-bond acceptors (Lipinski definition) is 3. The second-order valence-electron chi connectivity index (χ2n) is 3.11. The van der Waals surface area contributed by atoms with Crippen molar-refractivity contribution in [3.8, 4) is 11.6 Å². The van der Waals surface area contributed by atoms with E-state index in [1.807, 2.05) is 24.3 Å². The molecule has 0 aliphatic rings. The van der Waals surface area contributed by atoms with Crippen molar-refractivity contribution < 1.29 is 20.1 Å². The monoisotopic (exact) mass is 388 g/mol. The topological polar surface area (TPSA) is 52.8 Å². The minimum absolute atomic E-state index is 0. The average Bonchev–Trinajstić information content (AvgIpc) is 2.74. The van der Waals surface area contributed by atoms with E-state index in [-0.39, 0.29) is 20.1 Å². The third kappa shape index (κ3) is 1.87. The van der Waals surface area contributed by atoms with Gasteiger partial charge in [-0.3, -0.25) is 0 Å². The summed E-state index contributed by atoms with van der Waals surface area (Å²) in [5.74, 6) is 1.14. The Morgan fingerprint density at radius 1 is 0.938 bits per heavy atom. The molecule has 81 valence electrons. The molecule has 5 heteroatoms. The van der Waals surface area contributed by atoms with E-state index < -0.39 is 0 Å². The van der Waals surface area contributed by atoms with E-state index in [1.54, 1.807) is 18.5 Å². The van der Waals surface area contributed by atoms with Crippen LogP contribution in [0.4, 0.5) is 0 Å². The second-order valence-corrected chi connectivity index (χ2v) is 3.11. The van der Waals surface area contributed by atoms with Gasteiger partial charge in [0, 0.05) is 32.5 Å². The van der Waals surface area contributed by atoms with E-state index in [4.69, 9.17) is 0 Å². The molecule has 4 nitrogen and oxygen atoms in total. The minimum atomic E-state index is 0. The van der Waals surface area contributed by atoms with Crippen molar-refractivity contribution in [2.24, 2.45) is 0 Å². The van der Waals surface area contributed by atoms with Crippen LogP contribution >= 0.6 is 0 Å². The molecule has 0 amide bonds. The molecule has 1 radical (unpaired) electrons. The van der Waals surface area contributed by atoms with Gasteiger partial charge in [-0.2, -0.15) is 0 Å². The van der Waals surface area contributed by atoms with E-state index in [2.05, 4.69) is 19.9 Å². The van der Waals surface area contributed by atoms with Gasteiger partial charge in [-0.1, -0.05) is 24.3 Å². The Bertz CT molecular complexity index is 558. The summed E-state index contributed by atoms with van der Waals surface area (Å²) in [4.78, 5) is 16.9. The second kappa shape index (κ2) is 4.51. The Kier molecular flexibility index (Phi) is 3.08. The molecular formula is C11H7IrN4-. The molecule has 0 atom stereocenters. The summed E-state index contributed by atoms with van der Waals surface area (Å²) in [7, 11) is 0. The molecule has 0 fully saturated rings. The first kappa shape index (κ1) is 10.9. The quantitative estimate of drug-likeness (QED) is 0.637. The van der Waals surface area contributed by atoms with Crippen LogP contribution in [-0.4, -0.2) is 15.0 Å². The van der Waals surface area contributed by atoms with E-state index in [0.29, 0.717) is 11.6 Å². The predicted octanol–water partition coefficient (Wildman–Crippen LogP) is 1.65. The number of fused-ring (bicyclic) bond motifs is 1. The number of hydrogen-bond donors (Lipinski definition) is 0. The zero-order valence-corrected chi connectivity index (χ0v) is 10.6. The fourth-order valence-corrected chi connectivity index (χ4v) is 1.42. The largest absolute Gasteiger partial charge is 0.433 e. The van der Waals surface area contributed by atoms with Crippen LogP contribution in [0, 0.1) is 0 Å². The van der Waals surface area contributed by atoms with Crippen molar-refractivity contribution in [1.82, 2.24) is 19.9 Å². The zero-order chi connectivity index (χ0) is 10.1. The van der Waals surface area contributed by atoms with E-state index >= 15 is 0 Å². The number of para-hydroxylation sites is 2. The van der Waals surface area contributed by atoms with Gasteiger partial charge in [0.05, 0.1) is 0 Å². The zero-order valence-electron chi connectivity index (χ0n) is 8.16. The molecule has 3 rings (SSSR count). The Hall–Kier alpha value is -1.58. The van der Waals surface area contributed by atoms with Gasteiger partial charge in [0.25, 0.3) is 0 Å². The smallest absolute Gasteiger partial charge is 0.150 e. The molecule has 0 aliphatic heterocycles. The molecule has 0 aliphatic carbocycles. The van der Waals surface area contributed by atoms with Crippen molar-refractivity contribution in [2.75, 3.05) is 0 Å². The number of aromatic nitrogens is 4. The van der Waals surface area contributed by atoms with Crippen LogP contribution in [0.2, 0.25) is 0 Å². The molecule has 2 heterocycles. The third-order valence-electron chi connectivity index (χ3n) is 2.10. The Morgan fingerprint density at radius 3 is 2.44 bits per heavy atom. The van der Waals surface area contributed by atoms with Crippen LogP contribution in [0.1, 0.15) is 0 Å². The predicted molar refractivity (Wildman–Crippen MR) is 56.1 cm³/mol. The van der Waals surface area contributed by atoms with Gasteiger partial charge in [-0.15, -0.1) is 0 Å². The number of imidazole rings is 1. The molecule has 0 saturated carbocycles. The molecule has 0 unspecified atom stereocenters. The van der Waals surface area contributed by atoms with Gasteiger partial charge in [0.1, 0.15) is 0 Å². The summed E-state index contributed by atoms with van der Waals surface area (Å²) in [6.45, 7) is 0. The summed E-state index contributed by atoms with van der Waals surface area (Å²) >= 11 is 0. The van der Waals surface area contributed by atoms with Crippen LogP contribution < -0.4 is 4.98 Å². The molecule has 0 bridgehead atoms. The Morgan fingerprint density at radius 2 is 1.69 bits per heavy atom. The van der Waals surface area contributed by atoms with E-state index in [0.717, 1.165) is 11.0 Å². The van der Waals surface area contributed by atoms with Crippen LogP contribution in [0.15, 0.2) is 42.7 Å². The fourth-order valence-electron chi connectivity index (χ4n) is 1.42. The van der Waals surface area contributed by atoms with Gasteiger partial charge >= 0.3 is 0 Å². The van der Waals surface area contributed by atoms with E-state index in [9.17, 15) is 0 Å². The van der Waals surface area contributed by atoms with Crippen molar-refractivity contribution in [3.63, 3.8) is 0 Å².